The summed E-state index contributed by atoms with van der Waals surface area (Å²) in [6, 6.07) is 27.9. The van der Waals surface area contributed by atoms with E-state index in [0.717, 1.165) is 43.3 Å². The van der Waals surface area contributed by atoms with Crippen LogP contribution < -0.4 is 9.64 Å². The molecule has 0 radical (unpaired) electrons. The molecule has 184 valence electrons. The summed E-state index contributed by atoms with van der Waals surface area (Å²) in [5, 5.41) is 11.7. The van der Waals surface area contributed by atoms with Crippen LogP contribution in [0.1, 0.15) is 6.92 Å². The predicted octanol–water partition coefficient (Wildman–Crippen LogP) is 7.32. The molecule has 1 aliphatic rings. The van der Waals surface area contributed by atoms with Crippen LogP contribution in [0.4, 0.5) is 11.4 Å². The van der Waals surface area contributed by atoms with Gasteiger partial charge in [-0.2, -0.15) is 0 Å². The SMILES string of the molecule is CCOc1ccc(-n2c(SCC(=O)N3c4ccccc4Sc4ccccc43)nnc2-c2cccs2)cc1. The van der Waals surface area contributed by atoms with E-state index in [1.54, 1.807) is 23.1 Å². The minimum absolute atomic E-state index is 0.0101. The van der Waals surface area contributed by atoms with Crippen molar-refractivity contribution >= 4 is 52.1 Å². The summed E-state index contributed by atoms with van der Waals surface area (Å²) >= 11 is 4.68. The second-order valence-electron chi connectivity index (χ2n) is 8.10. The zero-order chi connectivity index (χ0) is 25.2. The predicted molar refractivity (Wildman–Crippen MR) is 151 cm³/mol. The smallest absolute Gasteiger partial charge is 0.242 e. The molecule has 0 saturated heterocycles. The van der Waals surface area contributed by atoms with Gasteiger partial charge in [0.25, 0.3) is 0 Å². The molecule has 1 aliphatic heterocycles. The number of para-hydroxylation sites is 2. The maximum absolute atomic E-state index is 13.7. The second kappa shape index (κ2) is 10.5. The lowest BCUT2D eigenvalue weighted by Gasteiger charge is -2.30. The average Bonchev–Trinajstić information content (AvgIpc) is 3.61. The monoisotopic (exact) mass is 542 g/mol. The molecule has 5 aromatic rings. The summed E-state index contributed by atoms with van der Waals surface area (Å²) < 4.78 is 7.63. The minimum Gasteiger partial charge on any atom is -0.494 e. The van der Waals surface area contributed by atoms with E-state index in [1.807, 2.05) is 94.6 Å². The molecule has 9 heteroatoms. The van der Waals surface area contributed by atoms with Gasteiger partial charge in [0.2, 0.25) is 5.91 Å². The number of ether oxygens (including phenoxy) is 1. The van der Waals surface area contributed by atoms with Gasteiger partial charge in [0.15, 0.2) is 11.0 Å². The molecule has 6 nitrogen and oxygen atoms in total. The number of rotatable bonds is 7. The van der Waals surface area contributed by atoms with Gasteiger partial charge in [0.1, 0.15) is 5.75 Å². The van der Waals surface area contributed by atoms with Crippen LogP contribution in [0.3, 0.4) is 0 Å². The zero-order valence-electron chi connectivity index (χ0n) is 19.9. The summed E-state index contributed by atoms with van der Waals surface area (Å²) in [7, 11) is 0. The Morgan fingerprint density at radius 1 is 0.892 bits per heavy atom. The molecule has 0 bridgehead atoms. The molecule has 37 heavy (non-hydrogen) atoms. The fraction of sp³-hybridized carbons (Fsp3) is 0.107. The van der Waals surface area contributed by atoms with Gasteiger partial charge < -0.3 is 4.74 Å². The largest absolute Gasteiger partial charge is 0.494 e. The third-order valence-electron chi connectivity index (χ3n) is 5.79. The van der Waals surface area contributed by atoms with Gasteiger partial charge in [0.05, 0.1) is 34.3 Å². The number of anilines is 2. The Balaban J connectivity index is 1.32. The fourth-order valence-corrected chi connectivity index (χ4v) is 6.74. The molecule has 6 rings (SSSR count). The first-order valence-corrected chi connectivity index (χ1v) is 14.5. The summed E-state index contributed by atoms with van der Waals surface area (Å²) in [6.45, 7) is 2.57. The number of thiophene rings is 1. The number of benzene rings is 3. The molecular formula is C28H22N4O2S3. The summed E-state index contributed by atoms with van der Waals surface area (Å²) in [4.78, 5) is 18.7. The molecule has 0 fully saturated rings. The van der Waals surface area contributed by atoms with E-state index >= 15 is 0 Å². The van der Waals surface area contributed by atoms with E-state index in [0.29, 0.717) is 11.8 Å². The van der Waals surface area contributed by atoms with Crippen molar-refractivity contribution in [2.24, 2.45) is 0 Å². The van der Waals surface area contributed by atoms with Crippen molar-refractivity contribution in [3.63, 3.8) is 0 Å². The van der Waals surface area contributed by atoms with E-state index in [-0.39, 0.29) is 11.7 Å². The van der Waals surface area contributed by atoms with Gasteiger partial charge in [-0.3, -0.25) is 14.3 Å². The van der Waals surface area contributed by atoms with Crippen LogP contribution in [-0.4, -0.2) is 33.0 Å². The first-order chi connectivity index (χ1) is 18.2. The Bertz CT molecular complexity index is 1500. The van der Waals surface area contributed by atoms with Crippen LogP contribution in [0.5, 0.6) is 5.75 Å². The molecule has 0 N–H and O–H groups in total. The van der Waals surface area contributed by atoms with Gasteiger partial charge in [-0.15, -0.1) is 21.5 Å². The molecule has 3 heterocycles. The quantitative estimate of drug-likeness (QED) is 0.201. The van der Waals surface area contributed by atoms with Crippen molar-refractivity contribution in [2.45, 2.75) is 21.9 Å². The first kappa shape index (κ1) is 23.8. The summed E-state index contributed by atoms with van der Waals surface area (Å²) in [6.07, 6.45) is 0. The summed E-state index contributed by atoms with van der Waals surface area (Å²) in [5.74, 6) is 1.76. The average molecular weight is 543 g/mol. The highest BCUT2D eigenvalue weighted by atomic mass is 32.2. The molecule has 0 atom stereocenters. The van der Waals surface area contributed by atoms with E-state index in [1.165, 1.54) is 11.8 Å². The molecule has 2 aromatic heterocycles. The molecule has 0 saturated carbocycles. The third kappa shape index (κ3) is 4.66. The highest BCUT2D eigenvalue weighted by molar-refractivity contribution is 8.00. The van der Waals surface area contributed by atoms with Crippen molar-refractivity contribution in [1.82, 2.24) is 14.8 Å². The van der Waals surface area contributed by atoms with Crippen molar-refractivity contribution in [3.05, 3.63) is 90.3 Å². The number of fused-ring (bicyclic) bond motifs is 2. The Morgan fingerprint density at radius 2 is 1.59 bits per heavy atom. The Kier molecular flexibility index (Phi) is 6.73. The highest BCUT2D eigenvalue weighted by Crippen LogP contribution is 2.48. The normalized spacial score (nSPS) is 12.2. The standard InChI is InChI=1S/C28H22N4O2S3/c1-2-34-20-15-13-19(14-16-20)31-27(25-12-7-17-35-25)29-30-28(31)36-18-26(33)32-21-8-3-5-10-23(21)37-24-11-6-4-9-22(24)32/h3-17H,2,18H2,1H3. The maximum Gasteiger partial charge on any atom is 0.242 e. The van der Waals surface area contributed by atoms with E-state index in [2.05, 4.69) is 22.3 Å². The van der Waals surface area contributed by atoms with Crippen LogP contribution in [0, 0.1) is 0 Å². The lowest BCUT2D eigenvalue weighted by Crippen LogP contribution is -2.30. The number of nitrogens with zero attached hydrogens (tertiary/aromatic N) is 4. The maximum atomic E-state index is 13.7. The number of amides is 1. The zero-order valence-corrected chi connectivity index (χ0v) is 22.4. The van der Waals surface area contributed by atoms with Gasteiger partial charge in [-0.1, -0.05) is 53.9 Å². The Morgan fingerprint density at radius 3 is 2.24 bits per heavy atom. The lowest BCUT2D eigenvalue weighted by atomic mass is 10.2. The fourth-order valence-electron chi connectivity index (χ4n) is 4.18. The van der Waals surface area contributed by atoms with Gasteiger partial charge in [-0.25, -0.2) is 0 Å². The molecule has 1 amide bonds. The Labute approximate surface area is 227 Å². The molecule has 0 aliphatic carbocycles. The van der Waals surface area contributed by atoms with Crippen molar-refractivity contribution in [2.75, 3.05) is 17.3 Å². The van der Waals surface area contributed by atoms with Crippen LogP contribution in [0.2, 0.25) is 0 Å². The minimum atomic E-state index is -0.0101. The third-order valence-corrected chi connectivity index (χ3v) is 8.70. The molecule has 0 spiro atoms. The van der Waals surface area contributed by atoms with Gasteiger partial charge >= 0.3 is 0 Å². The highest BCUT2D eigenvalue weighted by Gasteiger charge is 2.28. The topological polar surface area (TPSA) is 60.2 Å². The van der Waals surface area contributed by atoms with Crippen molar-refractivity contribution < 1.29 is 9.53 Å². The number of hydrogen-bond donors (Lipinski definition) is 0. The number of carbonyl (C=O) groups is 1. The number of carbonyl (C=O) groups excluding carboxylic acids is 1. The van der Waals surface area contributed by atoms with Crippen LogP contribution in [-0.2, 0) is 4.79 Å². The van der Waals surface area contributed by atoms with Crippen molar-refractivity contribution in [1.29, 1.82) is 0 Å². The van der Waals surface area contributed by atoms with Crippen LogP contribution in [0.15, 0.2) is 105 Å². The Hall–Kier alpha value is -3.53. The first-order valence-electron chi connectivity index (χ1n) is 11.8. The molecular weight excluding hydrogens is 521 g/mol. The lowest BCUT2D eigenvalue weighted by molar-refractivity contribution is -0.115. The second-order valence-corrected chi connectivity index (χ2v) is 11.1. The molecule has 3 aromatic carbocycles. The van der Waals surface area contributed by atoms with E-state index in [9.17, 15) is 4.79 Å². The number of aromatic nitrogens is 3. The van der Waals surface area contributed by atoms with Gasteiger partial charge in [-0.05, 0) is 66.9 Å². The summed E-state index contributed by atoms with van der Waals surface area (Å²) in [5.41, 5.74) is 2.73. The number of hydrogen-bond acceptors (Lipinski definition) is 7. The molecule has 0 unspecified atom stereocenters. The van der Waals surface area contributed by atoms with Crippen LogP contribution in [0.25, 0.3) is 16.4 Å². The van der Waals surface area contributed by atoms with Crippen LogP contribution >= 0.6 is 34.9 Å². The number of thioether (sulfide) groups is 1. The van der Waals surface area contributed by atoms with Crippen molar-refractivity contribution in [3.8, 4) is 22.1 Å². The van der Waals surface area contributed by atoms with E-state index in [4.69, 9.17) is 4.74 Å². The van der Waals surface area contributed by atoms with E-state index < -0.39 is 0 Å². The van der Waals surface area contributed by atoms with Gasteiger partial charge in [0, 0.05) is 9.79 Å².